The highest BCUT2D eigenvalue weighted by Crippen LogP contribution is 2.42. The van der Waals surface area contributed by atoms with Crippen LogP contribution in [0, 0.1) is 13.8 Å². The fourth-order valence-electron chi connectivity index (χ4n) is 4.97. The van der Waals surface area contributed by atoms with Gasteiger partial charge >= 0.3 is 0 Å². The van der Waals surface area contributed by atoms with E-state index in [1.54, 1.807) is 12.1 Å². The Bertz CT molecular complexity index is 1380. The number of benzene rings is 3. The molecule has 1 aliphatic rings. The molecule has 0 bridgehead atoms. The molecular formula is C30H36N2O4S. The van der Waals surface area contributed by atoms with Crippen LogP contribution in [0.2, 0.25) is 0 Å². The summed E-state index contributed by atoms with van der Waals surface area (Å²) in [5.74, 6) is 0.661. The maximum atomic E-state index is 13.2. The van der Waals surface area contributed by atoms with Crippen LogP contribution < -0.4 is 14.4 Å². The first-order valence-electron chi connectivity index (χ1n) is 12.8. The average Bonchev–Trinajstić information content (AvgIpc) is 2.88. The third-order valence-corrected chi connectivity index (χ3v) is 8.49. The van der Waals surface area contributed by atoms with Gasteiger partial charge in [-0.2, -0.15) is 0 Å². The lowest BCUT2D eigenvalue weighted by Gasteiger charge is -2.41. The van der Waals surface area contributed by atoms with E-state index in [4.69, 9.17) is 4.74 Å². The van der Waals surface area contributed by atoms with Crippen LogP contribution in [0.1, 0.15) is 71.8 Å². The summed E-state index contributed by atoms with van der Waals surface area (Å²) in [6.07, 6.45) is 3.64. The molecule has 0 fully saturated rings. The molecule has 0 spiro atoms. The lowest BCUT2D eigenvalue weighted by molar-refractivity contribution is 0.0227. The van der Waals surface area contributed by atoms with Gasteiger partial charge in [-0.05, 0) is 67.6 Å². The molecule has 3 aromatic rings. The summed E-state index contributed by atoms with van der Waals surface area (Å²) in [4.78, 5) is 13.2. The number of ether oxygens (including phenoxy) is 1. The predicted octanol–water partition coefficient (Wildman–Crippen LogP) is 6.08. The van der Waals surface area contributed by atoms with Crippen LogP contribution in [-0.4, -0.2) is 26.2 Å². The van der Waals surface area contributed by atoms with Crippen LogP contribution in [0.4, 0.5) is 5.69 Å². The third-order valence-electron chi connectivity index (χ3n) is 7.37. The Morgan fingerprint density at radius 3 is 2.35 bits per heavy atom. The lowest BCUT2D eigenvalue weighted by atomic mass is 9.83. The van der Waals surface area contributed by atoms with Crippen LogP contribution in [0.3, 0.4) is 0 Å². The van der Waals surface area contributed by atoms with Gasteiger partial charge in [-0.1, -0.05) is 56.3 Å². The Hall–Kier alpha value is -3.32. The Morgan fingerprint density at radius 2 is 1.70 bits per heavy atom. The Kier molecular flexibility index (Phi) is 7.64. The molecule has 0 saturated carbocycles. The van der Waals surface area contributed by atoms with Crippen LogP contribution in [0.25, 0.3) is 0 Å². The number of anilines is 1. The summed E-state index contributed by atoms with van der Waals surface area (Å²) in [7, 11) is -3.50. The van der Waals surface area contributed by atoms with Crippen molar-refractivity contribution in [3.8, 4) is 5.75 Å². The van der Waals surface area contributed by atoms with Gasteiger partial charge < -0.3 is 10.1 Å². The normalized spacial score (nSPS) is 16.4. The van der Waals surface area contributed by atoms with E-state index in [2.05, 4.69) is 19.2 Å². The zero-order valence-electron chi connectivity index (χ0n) is 22.2. The van der Waals surface area contributed by atoms with Crippen molar-refractivity contribution >= 4 is 21.6 Å². The molecule has 196 valence electrons. The van der Waals surface area contributed by atoms with E-state index in [1.807, 2.05) is 68.4 Å². The SMILES string of the molecule is CCC1(CC)CC(NC(=O)c2ccc(CN(c3cc(C)ccc3C)S(C)(=O)=O)cc2)c2ccccc2O1. The minimum absolute atomic E-state index is 0.151. The number of carbonyl (C=O) groups excluding carboxylic acids is 1. The smallest absolute Gasteiger partial charge is 0.251 e. The molecule has 0 aliphatic carbocycles. The largest absolute Gasteiger partial charge is 0.487 e. The monoisotopic (exact) mass is 520 g/mol. The number of para-hydroxylation sites is 1. The van der Waals surface area contributed by atoms with Crippen molar-refractivity contribution < 1.29 is 17.9 Å². The molecular weight excluding hydrogens is 484 g/mol. The van der Waals surface area contributed by atoms with E-state index in [9.17, 15) is 13.2 Å². The van der Waals surface area contributed by atoms with Crippen LogP contribution in [0.15, 0.2) is 66.7 Å². The van der Waals surface area contributed by atoms with Crippen molar-refractivity contribution in [1.82, 2.24) is 5.32 Å². The molecule has 0 aromatic heterocycles. The van der Waals surface area contributed by atoms with Crippen LogP contribution in [-0.2, 0) is 16.6 Å². The summed E-state index contributed by atoms with van der Waals surface area (Å²) < 4.78 is 33.1. The predicted molar refractivity (Wildman–Crippen MR) is 149 cm³/mol. The molecule has 4 rings (SSSR count). The number of carbonyl (C=O) groups is 1. The molecule has 1 heterocycles. The highest BCUT2D eigenvalue weighted by Gasteiger charge is 2.39. The van der Waals surface area contributed by atoms with Gasteiger partial charge in [0, 0.05) is 17.5 Å². The molecule has 0 saturated heterocycles. The van der Waals surface area contributed by atoms with Gasteiger partial charge in [0.05, 0.1) is 24.5 Å². The molecule has 0 radical (unpaired) electrons. The molecule has 1 aliphatic heterocycles. The molecule has 1 N–H and O–H groups in total. The summed E-state index contributed by atoms with van der Waals surface area (Å²) in [5.41, 5.74) is 4.56. The third kappa shape index (κ3) is 5.82. The van der Waals surface area contributed by atoms with Crippen molar-refractivity contribution in [1.29, 1.82) is 0 Å². The van der Waals surface area contributed by atoms with E-state index < -0.39 is 10.0 Å². The summed E-state index contributed by atoms with van der Waals surface area (Å²) in [6.45, 7) is 8.27. The average molecular weight is 521 g/mol. The molecule has 3 aromatic carbocycles. The van der Waals surface area contributed by atoms with E-state index >= 15 is 0 Å². The second kappa shape index (κ2) is 10.6. The van der Waals surface area contributed by atoms with Gasteiger partial charge in [0.15, 0.2) is 0 Å². The van der Waals surface area contributed by atoms with Crippen LogP contribution >= 0.6 is 0 Å². The quantitative estimate of drug-likeness (QED) is 0.390. The zero-order chi connectivity index (χ0) is 26.8. The maximum absolute atomic E-state index is 13.2. The minimum atomic E-state index is -3.50. The fraction of sp³-hybridized carbons (Fsp3) is 0.367. The van der Waals surface area contributed by atoms with Crippen LogP contribution in [0.5, 0.6) is 5.75 Å². The van der Waals surface area contributed by atoms with Gasteiger partial charge in [-0.15, -0.1) is 0 Å². The molecule has 1 unspecified atom stereocenters. The summed E-state index contributed by atoms with van der Waals surface area (Å²) in [5, 5.41) is 3.21. The molecule has 1 atom stereocenters. The number of hydrogen-bond acceptors (Lipinski definition) is 4. The van der Waals surface area contributed by atoms with Gasteiger partial charge in [0.2, 0.25) is 10.0 Å². The first kappa shape index (κ1) is 26.7. The fourth-order valence-corrected chi connectivity index (χ4v) is 5.91. The van der Waals surface area contributed by atoms with Gasteiger partial charge in [0.25, 0.3) is 5.91 Å². The minimum Gasteiger partial charge on any atom is -0.487 e. The number of nitrogens with one attached hydrogen (secondary N) is 1. The molecule has 37 heavy (non-hydrogen) atoms. The van der Waals surface area contributed by atoms with Gasteiger partial charge in [-0.25, -0.2) is 8.42 Å². The van der Waals surface area contributed by atoms with Crippen molar-refractivity contribution in [2.24, 2.45) is 0 Å². The second-order valence-electron chi connectivity index (χ2n) is 10.0. The van der Waals surface area contributed by atoms with Gasteiger partial charge in [0.1, 0.15) is 11.4 Å². The number of fused-ring (bicyclic) bond motifs is 1. The van der Waals surface area contributed by atoms with E-state index in [0.717, 1.165) is 40.8 Å². The maximum Gasteiger partial charge on any atom is 0.251 e. The molecule has 1 amide bonds. The molecule has 6 nitrogen and oxygen atoms in total. The van der Waals surface area contributed by atoms with E-state index in [0.29, 0.717) is 17.7 Å². The summed E-state index contributed by atoms with van der Waals surface area (Å²) >= 11 is 0. The van der Waals surface area contributed by atoms with Crippen molar-refractivity contribution in [3.63, 3.8) is 0 Å². The van der Waals surface area contributed by atoms with Crippen molar-refractivity contribution in [3.05, 3.63) is 94.5 Å². The van der Waals surface area contributed by atoms with E-state index in [1.165, 1.54) is 10.6 Å². The highest BCUT2D eigenvalue weighted by atomic mass is 32.2. The zero-order valence-corrected chi connectivity index (χ0v) is 23.1. The first-order chi connectivity index (χ1) is 17.5. The molecule has 7 heteroatoms. The first-order valence-corrected chi connectivity index (χ1v) is 14.6. The Morgan fingerprint density at radius 1 is 1.03 bits per heavy atom. The number of nitrogens with zero attached hydrogens (tertiary/aromatic N) is 1. The Labute approximate surface area is 220 Å². The second-order valence-corrected chi connectivity index (χ2v) is 11.9. The number of rotatable bonds is 8. The lowest BCUT2D eigenvalue weighted by Crippen LogP contribution is -2.44. The summed E-state index contributed by atoms with van der Waals surface area (Å²) in [6, 6.07) is 20.7. The highest BCUT2D eigenvalue weighted by molar-refractivity contribution is 7.92. The van der Waals surface area contributed by atoms with Crippen molar-refractivity contribution in [2.45, 2.75) is 65.1 Å². The van der Waals surface area contributed by atoms with Gasteiger partial charge in [-0.3, -0.25) is 9.10 Å². The Balaban J connectivity index is 1.54. The van der Waals surface area contributed by atoms with Crippen molar-refractivity contribution in [2.75, 3.05) is 10.6 Å². The topological polar surface area (TPSA) is 75.7 Å². The number of aryl methyl sites for hydroxylation is 2. The number of amides is 1. The number of hydrogen-bond donors (Lipinski definition) is 1. The number of sulfonamides is 1. The van der Waals surface area contributed by atoms with E-state index in [-0.39, 0.29) is 24.1 Å². The standard InChI is InChI=1S/C30H36N2O4S/c1-6-30(7-2)19-26(25-10-8-9-11-28(25)36-30)31-29(33)24-16-14-23(15-17-24)20-32(37(5,34)35)27-18-21(3)12-13-22(27)4/h8-18,26H,6-7,19-20H2,1-5H3,(H,31,33).